The lowest BCUT2D eigenvalue weighted by Crippen LogP contribution is -2.45. The van der Waals surface area contributed by atoms with E-state index in [1.807, 2.05) is 36.4 Å². The fourth-order valence-corrected chi connectivity index (χ4v) is 4.65. The van der Waals surface area contributed by atoms with Gasteiger partial charge >= 0.3 is 6.03 Å². The van der Waals surface area contributed by atoms with Crippen molar-refractivity contribution < 1.29 is 14.3 Å². The van der Waals surface area contributed by atoms with Gasteiger partial charge in [0.2, 0.25) is 5.91 Å². The maximum Gasteiger partial charge on any atom is 0.319 e. The smallest absolute Gasteiger partial charge is 0.319 e. The SMILES string of the molecule is CCC1(CC)C[C@@H](NC(=O)Nc2ccc3c(c2)N(C)C(=O)CC3)c2ccc(Cl)cc2O1. The average Bonchev–Trinajstić information content (AvgIpc) is 2.76. The Morgan fingerprint density at radius 1 is 1.19 bits per heavy atom. The Morgan fingerprint density at radius 3 is 2.71 bits per heavy atom. The van der Waals surface area contributed by atoms with E-state index in [1.54, 1.807) is 11.9 Å². The van der Waals surface area contributed by atoms with Crippen molar-refractivity contribution in [2.75, 3.05) is 17.3 Å². The van der Waals surface area contributed by atoms with Gasteiger partial charge in [-0.1, -0.05) is 37.6 Å². The molecule has 0 spiro atoms. The molecule has 6 nitrogen and oxygen atoms in total. The Labute approximate surface area is 187 Å². The number of rotatable bonds is 4. The molecular formula is C24H28ClN3O3. The second-order valence-electron chi connectivity index (χ2n) is 8.33. The zero-order chi connectivity index (χ0) is 22.2. The van der Waals surface area contributed by atoms with Crippen LogP contribution >= 0.6 is 11.6 Å². The van der Waals surface area contributed by atoms with Gasteiger partial charge in [0.05, 0.1) is 6.04 Å². The maximum absolute atomic E-state index is 12.9. The quantitative estimate of drug-likeness (QED) is 0.662. The van der Waals surface area contributed by atoms with Crippen molar-refractivity contribution in [1.29, 1.82) is 0 Å². The molecule has 2 heterocycles. The maximum atomic E-state index is 12.9. The third-order valence-corrected chi connectivity index (χ3v) is 6.77. The summed E-state index contributed by atoms with van der Waals surface area (Å²) < 4.78 is 6.32. The van der Waals surface area contributed by atoms with E-state index < -0.39 is 0 Å². The molecule has 2 aromatic rings. The highest BCUT2D eigenvalue weighted by Crippen LogP contribution is 2.43. The molecule has 2 aromatic carbocycles. The van der Waals surface area contributed by atoms with E-state index in [1.165, 1.54) is 0 Å². The summed E-state index contributed by atoms with van der Waals surface area (Å²) in [7, 11) is 1.77. The number of nitrogens with one attached hydrogen (secondary N) is 2. The predicted molar refractivity (Wildman–Crippen MR) is 123 cm³/mol. The Hall–Kier alpha value is -2.73. The molecule has 0 saturated heterocycles. The molecule has 2 N–H and O–H groups in total. The molecule has 0 fully saturated rings. The van der Waals surface area contributed by atoms with Gasteiger partial charge in [0.15, 0.2) is 0 Å². The number of hydrogen-bond acceptors (Lipinski definition) is 3. The minimum Gasteiger partial charge on any atom is -0.487 e. The summed E-state index contributed by atoms with van der Waals surface area (Å²) >= 11 is 6.19. The summed E-state index contributed by atoms with van der Waals surface area (Å²) in [4.78, 5) is 26.6. The first-order valence-electron chi connectivity index (χ1n) is 10.8. The van der Waals surface area contributed by atoms with E-state index in [9.17, 15) is 9.59 Å². The van der Waals surface area contributed by atoms with Crippen LogP contribution in [0.5, 0.6) is 5.75 Å². The lowest BCUT2D eigenvalue weighted by Gasteiger charge is -2.41. The second kappa shape index (κ2) is 8.42. The molecule has 0 unspecified atom stereocenters. The van der Waals surface area contributed by atoms with Crippen molar-refractivity contribution in [2.24, 2.45) is 0 Å². The number of anilines is 2. The standard InChI is InChI=1S/C24H28ClN3O3/c1-4-24(5-2)14-19(18-10-8-16(25)12-21(18)31-24)27-23(30)26-17-9-6-15-7-11-22(29)28(3)20(15)13-17/h6,8-10,12-13,19H,4-5,7,11,14H2,1-3H3,(H2,26,27,30)/t19-/m1/s1. The third-order valence-electron chi connectivity index (χ3n) is 6.53. The molecule has 7 heteroatoms. The third kappa shape index (κ3) is 4.22. The normalized spacial score (nSPS) is 19.2. The van der Waals surface area contributed by atoms with Crippen molar-refractivity contribution >= 4 is 34.9 Å². The van der Waals surface area contributed by atoms with Gasteiger partial charge in [0, 0.05) is 41.9 Å². The van der Waals surface area contributed by atoms with Crippen LogP contribution in [-0.2, 0) is 11.2 Å². The number of carbonyl (C=O) groups is 2. The molecule has 2 aliphatic rings. The molecule has 0 radical (unpaired) electrons. The number of halogens is 1. The Bertz CT molecular complexity index is 1020. The summed E-state index contributed by atoms with van der Waals surface area (Å²) in [5.41, 5.74) is 3.19. The number of hydrogen-bond donors (Lipinski definition) is 2. The molecule has 0 saturated carbocycles. The van der Waals surface area contributed by atoms with E-state index in [0.717, 1.165) is 41.8 Å². The Morgan fingerprint density at radius 2 is 1.97 bits per heavy atom. The van der Waals surface area contributed by atoms with Gasteiger partial charge in [-0.2, -0.15) is 0 Å². The van der Waals surface area contributed by atoms with Crippen LogP contribution in [-0.4, -0.2) is 24.6 Å². The number of nitrogens with zero attached hydrogens (tertiary/aromatic N) is 1. The first-order chi connectivity index (χ1) is 14.8. The van der Waals surface area contributed by atoms with Crippen LogP contribution in [0.25, 0.3) is 0 Å². The zero-order valence-electron chi connectivity index (χ0n) is 18.1. The molecule has 1 atom stereocenters. The van der Waals surface area contributed by atoms with E-state index in [4.69, 9.17) is 16.3 Å². The van der Waals surface area contributed by atoms with Gasteiger partial charge < -0.3 is 20.3 Å². The molecule has 164 valence electrons. The number of urea groups is 1. The Kier molecular flexibility index (Phi) is 5.84. The predicted octanol–water partition coefficient (Wildman–Crippen LogP) is 5.45. The minimum absolute atomic E-state index is 0.0852. The lowest BCUT2D eigenvalue weighted by molar-refractivity contribution is -0.118. The highest BCUT2D eigenvalue weighted by Gasteiger charge is 2.39. The average molecular weight is 442 g/mol. The van der Waals surface area contributed by atoms with Gasteiger partial charge in [-0.15, -0.1) is 0 Å². The summed E-state index contributed by atoms with van der Waals surface area (Å²) in [6.45, 7) is 4.20. The van der Waals surface area contributed by atoms with Gasteiger partial charge in [0.25, 0.3) is 0 Å². The van der Waals surface area contributed by atoms with Gasteiger partial charge in [-0.05, 0) is 49.1 Å². The first kappa shape index (κ1) is 21.5. The first-order valence-corrected chi connectivity index (χ1v) is 11.2. The monoisotopic (exact) mass is 441 g/mol. The van der Waals surface area contributed by atoms with Crippen molar-refractivity contribution in [2.45, 2.75) is 57.6 Å². The summed E-state index contributed by atoms with van der Waals surface area (Å²) in [6.07, 6.45) is 3.59. The highest BCUT2D eigenvalue weighted by molar-refractivity contribution is 6.30. The van der Waals surface area contributed by atoms with E-state index >= 15 is 0 Å². The van der Waals surface area contributed by atoms with Crippen molar-refractivity contribution in [3.63, 3.8) is 0 Å². The van der Waals surface area contributed by atoms with Crippen molar-refractivity contribution in [3.05, 3.63) is 52.5 Å². The van der Waals surface area contributed by atoms with Crippen LogP contribution in [0.2, 0.25) is 5.02 Å². The molecule has 3 amide bonds. The van der Waals surface area contributed by atoms with Gasteiger partial charge in [-0.3, -0.25) is 4.79 Å². The lowest BCUT2D eigenvalue weighted by atomic mass is 9.83. The van der Waals surface area contributed by atoms with Crippen LogP contribution in [0.3, 0.4) is 0 Å². The molecule has 4 rings (SSSR count). The van der Waals surface area contributed by atoms with Gasteiger partial charge in [-0.25, -0.2) is 4.79 Å². The molecule has 2 aliphatic heterocycles. The Balaban J connectivity index is 1.54. The van der Waals surface area contributed by atoms with Crippen LogP contribution in [0.1, 0.15) is 56.7 Å². The number of amides is 3. The molecule has 0 aromatic heterocycles. The van der Waals surface area contributed by atoms with E-state index in [0.29, 0.717) is 23.6 Å². The van der Waals surface area contributed by atoms with Crippen LogP contribution in [0.4, 0.5) is 16.2 Å². The number of aryl methyl sites for hydroxylation is 1. The number of benzene rings is 2. The number of carbonyl (C=O) groups excluding carboxylic acids is 2. The summed E-state index contributed by atoms with van der Waals surface area (Å²) in [5.74, 6) is 0.809. The van der Waals surface area contributed by atoms with Crippen LogP contribution in [0.15, 0.2) is 36.4 Å². The number of ether oxygens (including phenoxy) is 1. The van der Waals surface area contributed by atoms with Crippen molar-refractivity contribution in [3.8, 4) is 5.75 Å². The highest BCUT2D eigenvalue weighted by atomic mass is 35.5. The van der Waals surface area contributed by atoms with Gasteiger partial charge in [0.1, 0.15) is 11.4 Å². The fraction of sp³-hybridized carbons (Fsp3) is 0.417. The topological polar surface area (TPSA) is 70.7 Å². The zero-order valence-corrected chi connectivity index (χ0v) is 18.9. The summed E-state index contributed by atoms with van der Waals surface area (Å²) in [5, 5.41) is 6.65. The minimum atomic E-state index is -0.343. The van der Waals surface area contributed by atoms with Crippen LogP contribution < -0.4 is 20.3 Å². The fourth-order valence-electron chi connectivity index (χ4n) is 4.49. The molecule has 0 aliphatic carbocycles. The van der Waals surface area contributed by atoms with Crippen molar-refractivity contribution in [1.82, 2.24) is 5.32 Å². The molecule has 0 bridgehead atoms. The summed E-state index contributed by atoms with van der Waals surface area (Å²) in [6, 6.07) is 10.8. The van der Waals surface area contributed by atoms with E-state index in [2.05, 4.69) is 24.5 Å². The second-order valence-corrected chi connectivity index (χ2v) is 8.76. The largest absolute Gasteiger partial charge is 0.487 e. The molecule has 31 heavy (non-hydrogen) atoms. The van der Waals surface area contributed by atoms with Crippen LogP contribution in [0, 0.1) is 0 Å². The van der Waals surface area contributed by atoms with E-state index in [-0.39, 0.29) is 23.6 Å². The molecular weight excluding hydrogens is 414 g/mol. The number of fused-ring (bicyclic) bond motifs is 2.